The van der Waals surface area contributed by atoms with E-state index >= 15 is 0 Å². The Hall–Kier alpha value is -1.42. The largest absolute Gasteiger partial charge is 0.373 e. The van der Waals surface area contributed by atoms with Crippen molar-refractivity contribution >= 4 is 28.5 Å². The van der Waals surface area contributed by atoms with Gasteiger partial charge in [0.05, 0.1) is 12.9 Å². The summed E-state index contributed by atoms with van der Waals surface area (Å²) in [5.74, 6) is 0. The van der Waals surface area contributed by atoms with E-state index in [1.165, 1.54) is 0 Å². The van der Waals surface area contributed by atoms with Gasteiger partial charge in [0.2, 0.25) is 0 Å². The van der Waals surface area contributed by atoms with E-state index < -0.39 is 0 Å². The zero-order valence-electron chi connectivity index (χ0n) is 10.0. The third-order valence-electron chi connectivity index (χ3n) is 1.57. The molecule has 1 heterocycles. The van der Waals surface area contributed by atoms with Gasteiger partial charge in [-0.3, -0.25) is 9.98 Å². The predicted octanol–water partition coefficient (Wildman–Crippen LogP) is 2.88. The first-order valence-corrected chi connectivity index (χ1v) is 6.04. The number of nitrogens with one attached hydrogen (secondary N) is 1. The zero-order chi connectivity index (χ0) is 12.8. The summed E-state index contributed by atoms with van der Waals surface area (Å²) < 4.78 is 1.10. The van der Waals surface area contributed by atoms with E-state index in [2.05, 4.69) is 37.8 Å². The molecule has 0 saturated heterocycles. The molecule has 0 aliphatic carbocycles. The third-order valence-corrected chi connectivity index (χ3v) is 2.16. The fourth-order valence-electron chi connectivity index (χ4n) is 0.835. The molecule has 0 bridgehead atoms. The first-order valence-electron chi connectivity index (χ1n) is 5.25. The molecule has 4 heteroatoms. The van der Waals surface area contributed by atoms with Gasteiger partial charge < -0.3 is 5.32 Å². The van der Waals surface area contributed by atoms with E-state index in [4.69, 9.17) is 0 Å². The van der Waals surface area contributed by atoms with E-state index in [0.717, 1.165) is 17.6 Å². The SMILES string of the molecule is BrC1=C/CNC=NC/C=C\1.C=C/C=C\C=NC. The van der Waals surface area contributed by atoms with Crippen LogP contribution in [0.3, 0.4) is 0 Å². The van der Waals surface area contributed by atoms with Crippen LogP contribution < -0.4 is 5.32 Å². The highest BCUT2D eigenvalue weighted by Gasteiger charge is 1.84. The molecule has 17 heavy (non-hydrogen) atoms. The molecule has 0 amide bonds. The molecule has 1 N–H and O–H groups in total. The van der Waals surface area contributed by atoms with E-state index in [0.29, 0.717) is 0 Å². The molecule has 0 aromatic carbocycles. The highest BCUT2D eigenvalue weighted by Crippen LogP contribution is 2.05. The Morgan fingerprint density at radius 3 is 3.06 bits per heavy atom. The molecule has 3 nitrogen and oxygen atoms in total. The lowest BCUT2D eigenvalue weighted by Gasteiger charge is -1.90. The van der Waals surface area contributed by atoms with Crippen LogP contribution in [0.25, 0.3) is 0 Å². The molecular formula is C13H18BrN3. The molecule has 0 radical (unpaired) electrons. The summed E-state index contributed by atoms with van der Waals surface area (Å²) in [7, 11) is 1.73. The van der Waals surface area contributed by atoms with Crippen LogP contribution in [-0.4, -0.2) is 32.7 Å². The number of allylic oxidation sites excluding steroid dienone is 5. The van der Waals surface area contributed by atoms with Crippen LogP contribution in [0.4, 0.5) is 0 Å². The highest BCUT2D eigenvalue weighted by molar-refractivity contribution is 9.11. The summed E-state index contributed by atoms with van der Waals surface area (Å²) in [6.07, 6.45) is 14.9. The summed E-state index contributed by atoms with van der Waals surface area (Å²) in [6.45, 7) is 5.06. The van der Waals surface area contributed by atoms with E-state index in [-0.39, 0.29) is 0 Å². The topological polar surface area (TPSA) is 36.8 Å². The number of rotatable bonds is 2. The Balaban J connectivity index is 0.000000325. The minimum atomic E-state index is 0.746. The van der Waals surface area contributed by atoms with E-state index in [1.807, 2.05) is 30.4 Å². The highest BCUT2D eigenvalue weighted by atomic mass is 79.9. The summed E-state index contributed by atoms with van der Waals surface area (Å²) in [5.41, 5.74) is 0. The smallest absolute Gasteiger partial charge is 0.0830 e. The summed E-state index contributed by atoms with van der Waals surface area (Å²) in [6, 6.07) is 0. The van der Waals surface area contributed by atoms with Gasteiger partial charge in [0, 0.05) is 24.3 Å². The van der Waals surface area contributed by atoms with Crippen molar-refractivity contribution in [3.8, 4) is 0 Å². The Bertz CT molecular complexity index is 339. The maximum absolute atomic E-state index is 4.05. The van der Waals surface area contributed by atoms with E-state index in [9.17, 15) is 0 Å². The second-order valence-electron chi connectivity index (χ2n) is 2.92. The molecule has 1 aliphatic rings. The molecule has 0 aromatic rings. The lowest BCUT2D eigenvalue weighted by molar-refractivity contribution is 1.05. The fraction of sp³-hybridized carbons (Fsp3) is 0.231. The Kier molecular flexibility index (Phi) is 11.6. The average molecular weight is 296 g/mol. The number of halogens is 1. The second-order valence-corrected chi connectivity index (χ2v) is 3.84. The van der Waals surface area contributed by atoms with Gasteiger partial charge in [0.1, 0.15) is 0 Å². The molecule has 0 unspecified atom stereocenters. The van der Waals surface area contributed by atoms with Gasteiger partial charge in [-0.1, -0.05) is 52.9 Å². The van der Waals surface area contributed by atoms with Crippen LogP contribution in [-0.2, 0) is 0 Å². The molecule has 92 valence electrons. The minimum Gasteiger partial charge on any atom is -0.373 e. The van der Waals surface area contributed by atoms with Crippen molar-refractivity contribution in [2.45, 2.75) is 0 Å². The van der Waals surface area contributed by atoms with E-state index in [1.54, 1.807) is 25.7 Å². The van der Waals surface area contributed by atoms with Crippen molar-refractivity contribution < 1.29 is 0 Å². The van der Waals surface area contributed by atoms with Gasteiger partial charge in [-0.05, 0) is 6.08 Å². The quantitative estimate of drug-likeness (QED) is 0.617. The van der Waals surface area contributed by atoms with Gasteiger partial charge in [-0.2, -0.15) is 0 Å². The van der Waals surface area contributed by atoms with Crippen LogP contribution >= 0.6 is 15.9 Å². The maximum atomic E-state index is 4.05. The minimum absolute atomic E-state index is 0.746. The van der Waals surface area contributed by atoms with Crippen molar-refractivity contribution in [3.05, 3.63) is 47.5 Å². The Morgan fingerprint density at radius 1 is 1.53 bits per heavy atom. The van der Waals surface area contributed by atoms with Crippen LogP contribution in [0.1, 0.15) is 0 Å². The molecular weight excluding hydrogens is 278 g/mol. The van der Waals surface area contributed by atoms with Crippen molar-refractivity contribution in [1.82, 2.24) is 5.32 Å². The van der Waals surface area contributed by atoms with Crippen LogP contribution in [0.15, 0.2) is 57.5 Å². The lowest BCUT2D eigenvalue weighted by atomic mass is 10.4. The van der Waals surface area contributed by atoms with Crippen molar-refractivity contribution in [2.75, 3.05) is 20.1 Å². The average Bonchev–Trinajstić information content (AvgIpc) is 2.45. The molecule has 1 rings (SSSR count). The molecule has 0 aromatic heterocycles. The van der Waals surface area contributed by atoms with Crippen LogP contribution in [0.5, 0.6) is 0 Å². The molecule has 0 fully saturated rings. The summed E-state index contributed by atoms with van der Waals surface area (Å²) >= 11 is 3.39. The molecule has 0 atom stereocenters. The number of nitrogens with zero attached hydrogens (tertiary/aromatic N) is 2. The number of hydrogen-bond acceptors (Lipinski definition) is 3. The van der Waals surface area contributed by atoms with Crippen LogP contribution in [0.2, 0.25) is 0 Å². The summed E-state index contributed by atoms with van der Waals surface area (Å²) in [5, 5.41) is 3.02. The van der Waals surface area contributed by atoms with Crippen molar-refractivity contribution in [2.24, 2.45) is 9.98 Å². The standard InChI is InChI=1S/C7H9BrN2.C6H9N/c8-7-2-1-4-9-6-10-5-3-7;1-3-4-5-6-7-2/h1-3,6H,4-5H2,(H,9,10);3-6H,1H2,2H3/b2-1-,7-3+;5-4-,7-6?. The van der Waals surface area contributed by atoms with Gasteiger partial charge in [0.15, 0.2) is 0 Å². The third kappa shape index (κ3) is 12.5. The zero-order valence-corrected chi connectivity index (χ0v) is 11.6. The Morgan fingerprint density at radius 2 is 2.35 bits per heavy atom. The van der Waals surface area contributed by atoms with Crippen LogP contribution in [0, 0.1) is 0 Å². The number of hydrogen-bond donors (Lipinski definition) is 1. The molecule has 1 aliphatic heterocycles. The normalized spacial score (nSPS) is 20.2. The van der Waals surface area contributed by atoms with Crippen molar-refractivity contribution in [1.29, 1.82) is 0 Å². The molecule has 0 saturated carbocycles. The summed E-state index contributed by atoms with van der Waals surface area (Å²) in [4.78, 5) is 7.76. The predicted molar refractivity (Wildman–Crippen MR) is 81.3 cm³/mol. The fourth-order valence-corrected chi connectivity index (χ4v) is 1.18. The van der Waals surface area contributed by atoms with Gasteiger partial charge in [-0.25, -0.2) is 0 Å². The second kappa shape index (κ2) is 12.6. The first kappa shape index (κ1) is 15.6. The van der Waals surface area contributed by atoms with Gasteiger partial charge >= 0.3 is 0 Å². The molecule has 0 spiro atoms. The lowest BCUT2D eigenvalue weighted by Crippen LogP contribution is -2.10. The van der Waals surface area contributed by atoms with Crippen molar-refractivity contribution in [3.63, 3.8) is 0 Å². The van der Waals surface area contributed by atoms with Gasteiger partial charge in [-0.15, -0.1) is 0 Å². The Labute approximate surface area is 112 Å². The maximum Gasteiger partial charge on any atom is 0.0830 e. The number of aliphatic imine (C=N–C) groups is 2. The van der Waals surface area contributed by atoms with Gasteiger partial charge in [0.25, 0.3) is 0 Å². The monoisotopic (exact) mass is 295 g/mol. The first-order chi connectivity index (χ1) is 8.31.